The summed E-state index contributed by atoms with van der Waals surface area (Å²) in [6.07, 6.45) is 1.70. The highest BCUT2D eigenvalue weighted by atomic mass is 35.5. The Labute approximate surface area is 98.5 Å². The van der Waals surface area contributed by atoms with Gasteiger partial charge in [0, 0.05) is 22.4 Å². The van der Waals surface area contributed by atoms with Gasteiger partial charge in [-0.2, -0.15) is 0 Å². The van der Waals surface area contributed by atoms with Crippen LogP contribution in [0.2, 0.25) is 5.54 Å². The normalized spacial score (nSPS) is 13.3. The van der Waals surface area contributed by atoms with Crippen LogP contribution in [0.25, 0.3) is 0 Å². The van der Waals surface area contributed by atoms with Crippen LogP contribution in [0.1, 0.15) is 20.8 Å². The summed E-state index contributed by atoms with van der Waals surface area (Å²) in [7, 11) is 0.916. The molecule has 0 aromatic heterocycles. The summed E-state index contributed by atoms with van der Waals surface area (Å²) in [5, 5.41) is 8.28. The van der Waals surface area contributed by atoms with E-state index >= 15 is 0 Å². The van der Waals surface area contributed by atoms with E-state index in [0.717, 1.165) is 22.4 Å². The van der Waals surface area contributed by atoms with Crippen LogP contribution < -0.4 is 0 Å². The van der Waals surface area contributed by atoms with Crippen molar-refractivity contribution in [3.63, 3.8) is 0 Å². The highest BCUT2D eigenvalue weighted by Gasteiger charge is 2.25. The summed E-state index contributed by atoms with van der Waals surface area (Å²) in [6.45, 7) is 5.62. The molecule has 15 heavy (non-hydrogen) atoms. The zero-order chi connectivity index (χ0) is 11.4. The van der Waals surface area contributed by atoms with Crippen LogP contribution >= 0.6 is 12.4 Å². The van der Waals surface area contributed by atoms with Gasteiger partial charge in [0.2, 0.25) is 0 Å². The number of aliphatic carboxylic acids is 1. The van der Waals surface area contributed by atoms with Crippen LogP contribution in [0.5, 0.6) is 0 Å². The number of carboxylic acid groups (broad SMARTS) is 1. The summed E-state index contributed by atoms with van der Waals surface area (Å²) in [5.41, 5.74) is -0.212. The number of carbonyl (C=O) groups is 2. The van der Waals surface area contributed by atoms with E-state index in [1.54, 1.807) is 0 Å². The summed E-state index contributed by atoms with van der Waals surface area (Å²) in [6, 6.07) is 0. The van der Waals surface area contributed by atoms with Gasteiger partial charge in [-0.15, -0.1) is 12.4 Å². The molecule has 0 aromatic rings. The van der Waals surface area contributed by atoms with Crippen LogP contribution in [0.4, 0.5) is 0 Å². The van der Waals surface area contributed by atoms with Crippen molar-refractivity contribution in [3.8, 4) is 0 Å². The average Bonchev–Trinajstić information content (AvgIpc) is 1.99. The molecule has 1 unspecified atom stereocenters. The van der Waals surface area contributed by atoms with E-state index in [9.17, 15) is 9.59 Å². The second-order valence-corrected chi connectivity index (χ2v) is 5.58. The second-order valence-electron chi connectivity index (χ2n) is 3.85. The number of ether oxygens (including phenoxy) is 1. The Bertz CT molecular complexity index is 261. The van der Waals surface area contributed by atoms with Crippen molar-refractivity contribution < 1.29 is 19.4 Å². The lowest BCUT2D eigenvalue weighted by atomic mass is 10.1. The van der Waals surface area contributed by atoms with E-state index in [1.807, 2.05) is 20.8 Å². The van der Waals surface area contributed by atoms with Gasteiger partial charge in [0.1, 0.15) is 5.60 Å². The monoisotopic (exact) mass is 252 g/mol. The standard InChI is InChI=1S/C9H16O4Si.ClH/c1-6(14)9(2,3)13-8(12)5-4-7(10)11;/h4-6H,1-3,14H3,(H,10,11);1H. The first-order valence-corrected chi connectivity index (χ1v) is 5.55. The largest absolute Gasteiger partial charge is 0.478 e. The fraction of sp³-hybridized carbons (Fsp3) is 0.556. The number of carboxylic acids is 1. The predicted octanol–water partition coefficient (Wildman–Crippen LogP) is 0.545. The lowest BCUT2D eigenvalue weighted by molar-refractivity contribution is -0.150. The number of esters is 1. The van der Waals surface area contributed by atoms with Gasteiger partial charge in [0.15, 0.2) is 0 Å². The van der Waals surface area contributed by atoms with Crippen LogP contribution in [0.15, 0.2) is 12.2 Å². The Morgan fingerprint density at radius 1 is 1.40 bits per heavy atom. The SMILES string of the molecule is CC([SiH3])C(C)(C)OC(=O)C=CC(=O)O.Cl. The van der Waals surface area contributed by atoms with Crippen LogP contribution in [0, 0.1) is 0 Å². The van der Waals surface area contributed by atoms with E-state index in [-0.39, 0.29) is 12.4 Å². The molecule has 0 aliphatic rings. The van der Waals surface area contributed by atoms with E-state index < -0.39 is 17.5 Å². The molecule has 4 nitrogen and oxygen atoms in total. The predicted molar refractivity (Wildman–Crippen MR) is 63.6 cm³/mol. The molecular formula is C9H17ClO4Si. The smallest absolute Gasteiger partial charge is 0.331 e. The third-order valence-electron chi connectivity index (χ3n) is 2.12. The molecule has 6 heteroatoms. The highest BCUT2D eigenvalue weighted by molar-refractivity contribution is 6.12. The molecule has 0 heterocycles. The van der Waals surface area contributed by atoms with Gasteiger partial charge in [-0.25, -0.2) is 9.59 Å². The first kappa shape index (κ1) is 16.6. The minimum Gasteiger partial charge on any atom is -0.478 e. The molecule has 0 rings (SSSR count). The number of hydrogen-bond acceptors (Lipinski definition) is 3. The minimum atomic E-state index is -1.15. The summed E-state index contributed by atoms with van der Waals surface area (Å²) in [4.78, 5) is 21.2. The molecule has 0 aliphatic heterocycles. The van der Waals surface area contributed by atoms with Crippen molar-refractivity contribution in [2.75, 3.05) is 0 Å². The van der Waals surface area contributed by atoms with Gasteiger partial charge < -0.3 is 9.84 Å². The Morgan fingerprint density at radius 3 is 2.20 bits per heavy atom. The molecule has 0 saturated carbocycles. The van der Waals surface area contributed by atoms with Crippen LogP contribution in [-0.2, 0) is 14.3 Å². The molecular weight excluding hydrogens is 236 g/mol. The van der Waals surface area contributed by atoms with Gasteiger partial charge >= 0.3 is 11.9 Å². The van der Waals surface area contributed by atoms with Gasteiger partial charge in [0.05, 0.1) is 0 Å². The number of rotatable bonds is 4. The van der Waals surface area contributed by atoms with Gasteiger partial charge in [0.25, 0.3) is 0 Å². The molecule has 1 atom stereocenters. The molecule has 0 radical (unpaired) electrons. The van der Waals surface area contributed by atoms with Gasteiger partial charge in [-0.3, -0.25) is 0 Å². The maximum Gasteiger partial charge on any atom is 0.331 e. The number of carbonyl (C=O) groups excluding carboxylic acids is 1. The van der Waals surface area contributed by atoms with Gasteiger partial charge in [-0.1, -0.05) is 6.92 Å². The molecule has 0 amide bonds. The van der Waals surface area contributed by atoms with E-state index in [1.165, 1.54) is 0 Å². The molecule has 0 saturated heterocycles. The lowest BCUT2D eigenvalue weighted by Gasteiger charge is -2.28. The molecule has 0 aromatic carbocycles. The zero-order valence-electron chi connectivity index (χ0n) is 9.31. The summed E-state index contributed by atoms with van der Waals surface area (Å²) < 4.78 is 5.10. The van der Waals surface area contributed by atoms with Crippen molar-refractivity contribution in [3.05, 3.63) is 12.2 Å². The third-order valence-corrected chi connectivity index (χ3v) is 3.51. The first-order chi connectivity index (χ1) is 6.25. The summed E-state index contributed by atoms with van der Waals surface area (Å²) in [5.74, 6) is -1.77. The molecule has 0 fully saturated rings. The highest BCUT2D eigenvalue weighted by Crippen LogP contribution is 2.23. The first-order valence-electron chi connectivity index (χ1n) is 4.39. The Kier molecular flexibility index (Phi) is 7.34. The third kappa shape index (κ3) is 7.16. The van der Waals surface area contributed by atoms with Crippen molar-refractivity contribution in [2.24, 2.45) is 0 Å². The molecule has 0 bridgehead atoms. The van der Waals surface area contributed by atoms with Gasteiger partial charge in [-0.05, 0) is 19.4 Å². The number of hydrogen-bond donors (Lipinski definition) is 1. The van der Waals surface area contributed by atoms with Crippen molar-refractivity contribution in [1.82, 2.24) is 0 Å². The topological polar surface area (TPSA) is 63.6 Å². The van der Waals surface area contributed by atoms with E-state index in [2.05, 4.69) is 0 Å². The quantitative estimate of drug-likeness (QED) is 0.451. The maximum atomic E-state index is 11.1. The Morgan fingerprint density at radius 2 is 1.87 bits per heavy atom. The van der Waals surface area contributed by atoms with Crippen molar-refractivity contribution >= 4 is 34.6 Å². The fourth-order valence-corrected chi connectivity index (χ4v) is 0.668. The summed E-state index contributed by atoms with van der Waals surface area (Å²) >= 11 is 0. The number of halogens is 1. The Balaban J connectivity index is 0. The zero-order valence-corrected chi connectivity index (χ0v) is 12.1. The fourth-order valence-electron chi connectivity index (χ4n) is 0.550. The second kappa shape index (κ2) is 6.63. The average molecular weight is 253 g/mol. The van der Waals surface area contributed by atoms with Crippen molar-refractivity contribution in [2.45, 2.75) is 31.9 Å². The van der Waals surface area contributed by atoms with Crippen LogP contribution in [0.3, 0.4) is 0 Å². The minimum absolute atomic E-state index is 0. The lowest BCUT2D eigenvalue weighted by Crippen LogP contribution is -2.31. The van der Waals surface area contributed by atoms with Crippen molar-refractivity contribution in [1.29, 1.82) is 0 Å². The molecule has 1 N–H and O–H groups in total. The molecule has 88 valence electrons. The van der Waals surface area contributed by atoms with Crippen LogP contribution in [-0.4, -0.2) is 32.9 Å². The maximum absolute atomic E-state index is 11.1. The Hall–Kier alpha value is -0.813. The van der Waals surface area contributed by atoms with E-state index in [4.69, 9.17) is 9.84 Å². The van der Waals surface area contributed by atoms with E-state index in [0.29, 0.717) is 5.54 Å². The molecule has 0 spiro atoms. The molecule has 0 aliphatic carbocycles.